The van der Waals surface area contributed by atoms with Gasteiger partial charge in [0.15, 0.2) is 0 Å². The molecule has 0 radical (unpaired) electrons. The molecule has 1 amide bonds. The Kier molecular flexibility index (Phi) is 48.6. The molecule has 2 aliphatic rings. The van der Waals surface area contributed by atoms with Crippen molar-refractivity contribution in [3.05, 3.63) is 0 Å². The third kappa shape index (κ3) is 45.0. The lowest BCUT2D eigenvalue weighted by Gasteiger charge is -2.40. The highest BCUT2D eigenvalue weighted by Gasteiger charge is 2.51. The van der Waals surface area contributed by atoms with Crippen LogP contribution in [0.25, 0.3) is 0 Å². The number of methoxy groups -OCH3 is 2. The lowest BCUT2D eigenvalue weighted by molar-refractivity contribution is -0.0600. The summed E-state index contributed by atoms with van der Waals surface area (Å²) in [6.45, 7) is 26.4. The van der Waals surface area contributed by atoms with Gasteiger partial charge in [-0.15, -0.1) is 0 Å². The Morgan fingerprint density at radius 3 is 0.910 bits per heavy atom. The molecule has 2 N–H and O–H groups in total. The predicted molar refractivity (Wildman–Crippen MR) is 288 cm³/mol. The predicted octanol–water partition coefficient (Wildman–Crippen LogP) is 2.62. The second-order valence-corrected chi connectivity index (χ2v) is 19.5. The first-order valence-electron chi connectivity index (χ1n) is 28.3. The number of hydrogen-bond donors (Lipinski definition) is 2. The molecule has 0 aromatic heterocycles. The minimum Gasteiger partial charge on any atom is -0.449 e. The summed E-state index contributed by atoms with van der Waals surface area (Å²) in [4.78, 5) is 12.8. The van der Waals surface area contributed by atoms with Crippen molar-refractivity contribution < 1.29 is 104 Å². The molecular formula is C54H106N2O22. The second kappa shape index (κ2) is 52.2. The molecule has 1 spiro atoms. The molecule has 3 atom stereocenters. The van der Waals surface area contributed by atoms with Gasteiger partial charge in [0, 0.05) is 32.3 Å². The summed E-state index contributed by atoms with van der Waals surface area (Å²) in [5.74, 6) is 0. The van der Waals surface area contributed by atoms with Gasteiger partial charge in [-0.2, -0.15) is 0 Å². The largest absolute Gasteiger partial charge is 0.449 e. The highest BCUT2D eigenvalue weighted by atomic mass is 16.6. The van der Waals surface area contributed by atoms with Crippen molar-refractivity contribution >= 4 is 6.09 Å². The van der Waals surface area contributed by atoms with E-state index in [1.807, 2.05) is 0 Å². The Balaban J connectivity index is 1.17. The van der Waals surface area contributed by atoms with Crippen molar-refractivity contribution in [3.8, 4) is 0 Å². The van der Waals surface area contributed by atoms with E-state index in [2.05, 4.69) is 31.4 Å². The van der Waals surface area contributed by atoms with Crippen molar-refractivity contribution in [2.75, 3.05) is 278 Å². The fourth-order valence-corrected chi connectivity index (χ4v) is 8.10. The van der Waals surface area contributed by atoms with Gasteiger partial charge >= 0.3 is 6.09 Å². The summed E-state index contributed by atoms with van der Waals surface area (Å²) >= 11 is 0. The van der Waals surface area contributed by atoms with Crippen molar-refractivity contribution in [3.63, 3.8) is 0 Å². The molecule has 1 aliphatic heterocycles. The SMILES string of the molecule is CCC(COC)(COCCOCCOCCOCCOCCOCCOCCOCCOCCOCCOCCOCCOCCOCCOCCOCCOCCOCCOC)COC(=O)NC1CC(C)(C)CC2(CN2)C1. The number of amides is 1. The Morgan fingerprint density at radius 1 is 0.397 bits per heavy atom. The molecule has 0 aromatic rings. The van der Waals surface area contributed by atoms with Crippen molar-refractivity contribution in [1.29, 1.82) is 0 Å². The van der Waals surface area contributed by atoms with E-state index in [9.17, 15) is 4.79 Å². The van der Waals surface area contributed by atoms with Crippen molar-refractivity contribution in [1.82, 2.24) is 10.6 Å². The summed E-state index contributed by atoms with van der Waals surface area (Å²) in [7, 11) is 3.29. The minimum atomic E-state index is -0.438. The van der Waals surface area contributed by atoms with Gasteiger partial charge in [0.2, 0.25) is 0 Å². The van der Waals surface area contributed by atoms with Gasteiger partial charge in [-0.1, -0.05) is 20.8 Å². The van der Waals surface area contributed by atoms with Crippen LogP contribution in [0.4, 0.5) is 4.79 Å². The first-order valence-corrected chi connectivity index (χ1v) is 28.3. The summed E-state index contributed by atoms with van der Waals surface area (Å²) in [6.07, 6.45) is 3.37. The normalized spacial score (nSPS) is 17.7. The van der Waals surface area contributed by atoms with Crippen LogP contribution in [0.5, 0.6) is 0 Å². The summed E-state index contributed by atoms with van der Waals surface area (Å²) in [5.41, 5.74) is -0.0902. The molecule has 24 nitrogen and oxygen atoms in total. The molecule has 78 heavy (non-hydrogen) atoms. The van der Waals surface area contributed by atoms with Crippen LogP contribution in [0.15, 0.2) is 0 Å². The van der Waals surface area contributed by atoms with Crippen LogP contribution in [-0.2, 0) is 99.5 Å². The topological polar surface area (TPSA) is 245 Å². The van der Waals surface area contributed by atoms with E-state index in [-0.39, 0.29) is 29.7 Å². The highest BCUT2D eigenvalue weighted by molar-refractivity contribution is 5.67. The molecule has 464 valence electrons. The lowest BCUT2D eigenvalue weighted by Crippen LogP contribution is -2.48. The summed E-state index contributed by atoms with van der Waals surface area (Å²) in [5, 5.41) is 6.62. The lowest BCUT2D eigenvalue weighted by atomic mass is 9.69. The van der Waals surface area contributed by atoms with Crippen LogP contribution in [0.2, 0.25) is 0 Å². The number of ether oxygens (including phenoxy) is 21. The maximum Gasteiger partial charge on any atom is 0.407 e. The first kappa shape index (κ1) is 72.5. The second-order valence-electron chi connectivity index (χ2n) is 19.5. The van der Waals surface area contributed by atoms with E-state index in [1.54, 1.807) is 14.2 Å². The van der Waals surface area contributed by atoms with E-state index in [0.29, 0.717) is 251 Å². The van der Waals surface area contributed by atoms with E-state index in [1.165, 1.54) is 0 Å². The van der Waals surface area contributed by atoms with Crippen LogP contribution in [-0.4, -0.2) is 296 Å². The number of carbonyl (C=O) groups is 1. The standard InChI is InChI=1S/C54H106N2O22/c1-6-53(47-59-5,49-78-51(57)56-50-43-52(2,3)45-54(44-50)46-55-54)48-77-42-41-76-40-39-75-38-37-74-36-35-73-34-33-72-32-31-71-30-29-70-28-27-69-26-25-68-24-23-67-22-21-66-20-19-65-18-17-64-16-15-63-14-13-62-12-11-61-10-9-60-8-7-58-4/h50,55H,6-49H2,1-5H3,(H,56,57). The molecule has 1 saturated heterocycles. The number of carbonyl (C=O) groups excluding carboxylic acids is 1. The van der Waals surface area contributed by atoms with Crippen LogP contribution < -0.4 is 10.6 Å². The van der Waals surface area contributed by atoms with Crippen LogP contribution >= 0.6 is 0 Å². The fraction of sp³-hybridized carbons (Fsp3) is 0.981. The highest BCUT2D eigenvalue weighted by Crippen LogP contribution is 2.45. The molecule has 0 aromatic carbocycles. The smallest absolute Gasteiger partial charge is 0.407 e. The Labute approximate surface area is 467 Å². The zero-order valence-electron chi connectivity index (χ0n) is 48.7. The Morgan fingerprint density at radius 2 is 0.667 bits per heavy atom. The van der Waals surface area contributed by atoms with Crippen molar-refractivity contribution in [2.45, 2.75) is 58.0 Å². The third-order valence-electron chi connectivity index (χ3n) is 12.1. The maximum atomic E-state index is 12.8. The third-order valence-corrected chi connectivity index (χ3v) is 12.1. The van der Waals surface area contributed by atoms with Gasteiger partial charge in [0.25, 0.3) is 0 Å². The van der Waals surface area contributed by atoms with E-state index < -0.39 is 5.41 Å². The van der Waals surface area contributed by atoms with Crippen molar-refractivity contribution in [2.24, 2.45) is 10.8 Å². The van der Waals surface area contributed by atoms with Gasteiger partial charge in [-0.25, -0.2) is 4.79 Å². The van der Waals surface area contributed by atoms with E-state index >= 15 is 0 Å². The average molecular weight is 1140 g/mol. The molecule has 3 unspecified atom stereocenters. The Hall–Kier alpha value is -1.57. The fourth-order valence-electron chi connectivity index (χ4n) is 8.10. The van der Waals surface area contributed by atoms with Gasteiger partial charge in [0.1, 0.15) is 6.61 Å². The number of alkyl carbamates (subject to hydrolysis) is 1. The zero-order valence-corrected chi connectivity index (χ0v) is 48.7. The van der Waals surface area contributed by atoms with E-state index in [0.717, 1.165) is 32.2 Å². The number of hydrogen-bond acceptors (Lipinski definition) is 23. The van der Waals surface area contributed by atoms with Gasteiger partial charge in [-0.05, 0) is 31.1 Å². The molecule has 1 saturated carbocycles. The molecule has 0 bridgehead atoms. The van der Waals surface area contributed by atoms with Crippen LogP contribution in [0.3, 0.4) is 0 Å². The van der Waals surface area contributed by atoms with Crippen LogP contribution in [0.1, 0.15) is 46.5 Å². The molecule has 2 fully saturated rings. The zero-order chi connectivity index (χ0) is 56.0. The van der Waals surface area contributed by atoms with Gasteiger partial charge in [0.05, 0.1) is 256 Å². The molecule has 24 heteroatoms. The monoisotopic (exact) mass is 1130 g/mol. The number of rotatable bonds is 62. The quantitative estimate of drug-likeness (QED) is 0.0657. The maximum absolute atomic E-state index is 12.8. The van der Waals surface area contributed by atoms with Crippen LogP contribution in [0, 0.1) is 10.8 Å². The molecule has 2 rings (SSSR count). The molecular weight excluding hydrogens is 1030 g/mol. The summed E-state index contributed by atoms with van der Waals surface area (Å²) < 4.78 is 116. The molecule has 1 heterocycles. The van der Waals surface area contributed by atoms with E-state index in [4.69, 9.17) is 99.5 Å². The number of nitrogens with one attached hydrogen (secondary N) is 2. The van der Waals surface area contributed by atoms with Gasteiger partial charge in [-0.3, -0.25) is 0 Å². The summed E-state index contributed by atoms with van der Waals surface area (Å²) in [6, 6.07) is 0.0960. The molecule has 1 aliphatic carbocycles. The minimum absolute atomic E-state index is 0.0960. The average Bonchev–Trinajstić information content (AvgIpc) is 4.19. The van der Waals surface area contributed by atoms with Gasteiger partial charge < -0.3 is 110 Å². The first-order chi connectivity index (χ1) is 38.3. The Bertz CT molecular complexity index is 1290.